The third-order valence-electron chi connectivity index (χ3n) is 4.05. The molecule has 2 heterocycles. The van der Waals surface area contributed by atoms with Gasteiger partial charge in [0.05, 0.1) is 38.7 Å². The molecule has 7 heteroatoms. The van der Waals surface area contributed by atoms with Crippen molar-refractivity contribution < 1.29 is 18.7 Å². The molecule has 0 atom stereocenters. The number of morpholine rings is 2. The molecule has 2 saturated heterocycles. The molecule has 0 spiro atoms. The molecule has 0 aromatic heterocycles. The summed E-state index contributed by atoms with van der Waals surface area (Å²) in [6.45, 7) is 5.67. The van der Waals surface area contributed by atoms with E-state index < -0.39 is 0 Å². The Morgan fingerprint density at radius 3 is 2.39 bits per heavy atom. The average molecular weight is 323 g/mol. The topological polar surface area (TPSA) is 54.0 Å². The lowest BCUT2D eigenvalue weighted by Gasteiger charge is -2.29. The molecular weight excluding hydrogens is 301 g/mol. The fourth-order valence-electron chi connectivity index (χ4n) is 2.81. The number of ether oxygens (including phenoxy) is 2. The molecule has 1 aromatic carbocycles. The van der Waals surface area contributed by atoms with Crippen LogP contribution < -0.4 is 10.2 Å². The minimum atomic E-state index is -0.323. The Hall–Kier alpha value is -1.70. The van der Waals surface area contributed by atoms with Crippen LogP contribution in [0.1, 0.15) is 0 Å². The Morgan fingerprint density at radius 1 is 1.09 bits per heavy atom. The summed E-state index contributed by atoms with van der Waals surface area (Å²) in [5, 5.41) is 2.76. The normalized spacial score (nSPS) is 19.6. The van der Waals surface area contributed by atoms with E-state index in [1.807, 2.05) is 9.80 Å². The van der Waals surface area contributed by atoms with E-state index in [9.17, 15) is 9.18 Å². The summed E-state index contributed by atoms with van der Waals surface area (Å²) in [7, 11) is 0. The van der Waals surface area contributed by atoms with Gasteiger partial charge in [0.1, 0.15) is 5.82 Å². The number of nitrogens with zero attached hydrogens (tertiary/aromatic N) is 2. The van der Waals surface area contributed by atoms with Crippen LogP contribution in [0, 0.1) is 5.82 Å². The first-order chi connectivity index (χ1) is 11.2. The van der Waals surface area contributed by atoms with Gasteiger partial charge in [0.25, 0.3) is 0 Å². The summed E-state index contributed by atoms with van der Waals surface area (Å²) >= 11 is 0. The van der Waals surface area contributed by atoms with Crippen LogP contribution in [-0.4, -0.2) is 70.0 Å². The molecule has 0 aliphatic carbocycles. The summed E-state index contributed by atoms with van der Waals surface area (Å²) in [6.07, 6.45) is 0. The van der Waals surface area contributed by atoms with Gasteiger partial charge in [0, 0.05) is 31.9 Å². The van der Waals surface area contributed by atoms with Crippen molar-refractivity contribution in [3.05, 3.63) is 24.0 Å². The zero-order valence-corrected chi connectivity index (χ0v) is 13.1. The summed E-state index contributed by atoms with van der Waals surface area (Å²) in [5.74, 6) is -0.457. The van der Waals surface area contributed by atoms with Crippen molar-refractivity contribution in [1.29, 1.82) is 0 Å². The molecule has 1 aromatic rings. The van der Waals surface area contributed by atoms with Crippen LogP contribution in [0.25, 0.3) is 0 Å². The second kappa shape index (κ2) is 7.72. The summed E-state index contributed by atoms with van der Waals surface area (Å²) < 4.78 is 24.8. The second-order valence-corrected chi connectivity index (χ2v) is 5.70. The van der Waals surface area contributed by atoms with Crippen molar-refractivity contribution in [2.45, 2.75) is 0 Å². The number of hydrogen-bond acceptors (Lipinski definition) is 5. The lowest BCUT2D eigenvalue weighted by atomic mass is 10.2. The molecule has 2 fully saturated rings. The van der Waals surface area contributed by atoms with E-state index in [2.05, 4.69) is 5.32 Å². The molecule has 2 aliphatic heterocycles. The van der Waals surface area contributed by atoms with Crippen LogP contribution in [-0.2, 0) is 14.3 Å². The van der Waals surface area contributed by atoms with Gasteiger partial charge in [-0.15, -0.1) is 0 Å². The molecular formula is C16H22FN3O3. The Balaban J connectivity index is 1.57. The highest BCUT2D eigenvalue weighted by Gasteiger charge is 2.17. The van der Waals surface area contributed by atoms with Gasteiger partial charge in [-0.25, -0.2) is 4.39 Å². The van der Waals surface area contributed by atoms with Crippen molar-refractivity contribution in [2.24, 2.45) is 0 Å². The lowest BCUT2D eigenvalue weighted by molar-refractivity contribution is -0.118. The van der Waals surface area contributed by atoms with E-state index in [4.69, 9.17) is 9.47 Å². The van der Waals surface area contributed by atoms with Crippen LogP contribution in [0.2, 0.25) is 0 Å². The highest BCUT2D eigenvalue weighted by Crippen LogP contribution is 2.23. The van der Waals surface area contributed by atoms with Gasteiger partial charge < -0.3 is 19.7 Å². The van der Waals surface area contributed by atoms with Crippen LogP contribution in [0.5, 0.6) is 0 Å². The zero-order valence-electron chi connectivity index (χ0n) is 13.1. The molecule has 0 unspecified atom stereocenters. The third-order valence-corrected chi connectivity index (χ3v) is 4.05. The first-order valence-corrected chi connectivity index (χ1v) is 7.94. The van der Waals surface area contributed by atoms with Crippen LogP contribution >= 0.6 is 0 Å². The van der Waals surface area contributed by atoms with Gasteiger partial charge in [0.15, 0.2) is 0 Å². The maximum Gasteiger partial charge on any atom is 0.238 e. The minimum absolute atomic E-state index is 0.134. The van der Waals surface area contributed by atoms with Gasteiger partial charge in [0.2, 0.25) is 5.91 Å². The van der Waals surface area contributed by atoms with Crippen molar-refractivity contribution in [2.75, 3.05) is 69.4 Å². The summed E-state index contributed by atoms with van der Waals surface area (Å²) in [5.41, 5.74) is 1.04. The first kappa shape index (κ1) is 16.2. The number of halogens is 1. The number of carbonyl (C=O) groups excluding carboxylic acids is 1. The molecule has 1 amide bonds. The van der Waals surface area contributed by atoms with E-state index in [-0.39, 0.29) is 11.7 Å². The quantitative estimate of drug-likeness (QED) is 0.893. The van der Waals surface area contributed by atoms with Crippen LogP contribution in [0.3, 0.4) is 0 Å². The van der Waals surface area contributed by atoms with E-state index in [1.165, 1.54) is 6.07 Å². The number of anilines is 2. The molecule has 2 aliphatic rings. The monoisotopic (exact) mass is 323 g/mol. The van der Waals surface area contributed by atoms with Crippen LogP contribution in [0.15, 0.2) is 18.2 Å². The fraction of sp³-hybridized carbons (Fsp3) is 0.562. The molecule has 23 heavy (non-hydrogen) atoms. The van der Waals surface area contributed by atoms with Crippen molar-refractivity contribution >= 4 is 17.3 Å². The third kappa shape index (κ3) is 4.40. The number of amides is 1. The Bertz CT molecular complexity index is 543. The molecule has 126 valence electrons. The van der Waals surface area contributed by atoms with Crippen molar-refractivity contribution in [1.82, 2.24) is 4.90 Å². The van der Waals surface area contributed by atoms with E-state index >= 15 is 0 Å². The SMILES string of the molecule is O=C(CN1CCOCC1)Nc1ccc(N2CCOCC2)c(F)c1. The fourth-order valence-corrected chi connectivity index (χ4v) is 2.81. The summed E-state index contributed by atoms with van der Waals surface area (Å²) in [6, 6.07) is 4.83. The number of benzene rings is 1. The van der Waals surface area contributed by atoms with Gasteiger partial charge in [-0.3, -0.25) is 9.69 Å². The number of hydrogen-bond donors (Lipinski definition) is 1. The van der Waals surface area contributed by atoms with Crippen molar-refractivity contribution in [3.8, 4) is 0 Å². The number of rotatable bonds is 4. The molecule has 0 radical (unpaired) electrons. The highest BCUT2D eigenvalue weighted by atomic mass is 19.1. The lowest BCUT2D eigenvalue weighted by Crippen LogP contribution is -2.41. The number of nitrogens with one attached hydrogen (secondary N) is 1. The zero-order chi connectivity index (χ0) is 16.1. The Labute approximate surface area is 135 Å². The Morgan fingerprint density at radius 2 is 1.74 bits per heavy atom. The Kier molecular flexibility index (Phi) is 5.43. The van der Waals surface area contributed by atoms with E-state index in [0.29, 0.717) is 57.4 Å². The van der Waals surface area contributed by atoms with Gasteiger partial charge in [-0.05, 0) is 18.2 Å². The van der Waals surface area contributed by atoms with Crippen molar-refractivity contribution in [3.63, 3.8) is 0 Å². The maximum atomic E-state index is 14.3. The summed E-state index contributed by atoms with van der Waals surface area (Å²) in [4.78, 5) is 16.0. The molecule has 0 saturated carbocycles. The predicted octanol–water partition coefficient (Wildman–Crippen LogP) is 0.933. The molecule has 1 N–H and O–H groups in total. The molecule has 3 rings (SSSR count). The number of carbonyl (C=O) groups is 1. The van der Waals surface area contributed by atoms with E-state index in [1.54, 1.807) is 12.1 Å². The second-order valence-electron chi connectivity index (χ2n) is 5.70. The standard InChI is InChI=1S/C16H22FN3O3/c17-14-11-13(1-2-15(14)20-5-9-23-10-6-20)18-16(21)12-19-3-7-22-8-4-19/h1-2,11H,3-10,12H2,(H,18,21). The molecule has 0 bridgehead atoms. The smallest absolute Gasteiger partial charge is 0.238 e. The maximum absolute atomic E-state index is 14.3. The first-order valence-electron chi connectivity index (χ1n) is 7.94. The van der Waals surface area contributed by atoms with E-state index in [0.717, 1.165) is 13.1 Å². The average Bonchev–Trinajstić information content (AvgIpc) is 2.56. The van der Waals surface area contributed by atoms with Gasteiger partial charge in [-0.1, -0.05) is 0 Å². The largest absolute Gasteiger partial charge is 0.379 e. The van der Waals surface area contributed by atoms with Crippen LogP contribution in [0.4, 0.5) is 15.8 Å². The highest BCUT2D eigenvalue weighted by molar-refractivity contribution is 5.92. The minimum Gasteiger partial charge on any atom is -0.379 e. The van der Waals surface area contributed by atoms with Gasteiger partial charge >= 0.3 is 0 Å². The predicted molar refractivity (Wildman–Crippen MR) is 85.3 cm³/mol. The molecule has 6 nitrogen and oxygen atoms in total. The van der Waals surface area contributed by atoms with Gasteiger partial charge in [-0.2, -0.15) is 0 Å².